The van der Waals surface area contributed by atoms with Gasteiger partial charge in [0.25, 0.3) is 5.91 Å². The second-order valence-electron chi connectivity index (χ2n) is 8.93. The molecule has 1 aliphatic heterocycles. The number of amides is 1. The lowest BCUT2D eigenvalue weighted by molar-refractivity contribution is 0.0956. The van der Waals surface area contributed by atoms with Crippen LogP contribution >= 0.6 is 15.9 Å². The lowest BCUT2D eigenvalue weighted by Crippen LogP contribution is -2.29. The number of pyridine rings is 1. The molecule has 178 valence electrons. The van der Waals surface area contributed by atoms with Crippen LogP contribution in [-0.4, -0.2) is 53.1 Å². The summed E-state index contributed by atoms with van der Waals surface area (Å²) in [7, 11) is 2.02. The maximum atomic E-state index is 13.2. The number of fused-ring (bicyclic) bond motifs is 2. The van der Waals surface area contributed by atoms with Crippen molar-refractivity contribution >= 4 is 43.6 Å². The molecule has 0 spiro atoms. The zero-order chi connectivity index (χ0) is 24.4. The number of aromatic nitrogens is 2. The highest BCUT2D eigenvalue weighted by Gasteiger charge is 2.17. The molecule has 3 N–H and O–H groups in total. The molecule has 0 aliphatic carbocycles. The summed E-state index contributed by atoms with van der Waals surface area (Å²) in [5.74, 6) is 6.40. The summed E-state index contributed by atoms with van der Waals surface area (Å²) in [5.41, 5.74) is 10.7. The molecule has 0 unspecified atom stereocenters. The van der Waals surface area contributed by atoms with Gasteiger partial charge in [0.1, 0.15) is 0 Å². The van der Waals surface area contributed by atoms with Crippen molar-refractivity contribution in [2.75, 3.05) is 32.7 Å². The number of nitrogens with zero attached hydrogens (tertiary/aromatic N) is 3. The van der Waals surface area contributed by atoms with Crippen molar-refractivity contribution in [3.05, 3.63) is 64.3 Å². The quantitative estimate of drug-likeness (QED) is 0.378. The van der Waals surface area contributed by atoms with E-state index in [1.807, 2.05) is 37.4 Å². The third kappa shape index (κ3) is 4.96. The standard InChI is InChI=1S/C28H28BrN5O/c1-33-18-24(22-16-20(29)7-9-27(22)33)26-17-23(28(35)31-11-10-30)21-15-19(6-8-25(21)32-26)5-4-14-34-12-2-3-13-34/h6-9,15-18H,2-3,10-14,30H2,1H3,(H,31,35). The molecule has 0 radical (unpaired) electrons. The highest BCUT2D eigenvalue weighted by molar-refractivity contribution is 9.10. The number of carbonyl (C=O) groups is 1. The Balaban J connectivity index is 1.60. The Kier molecular flexibility index (Phi) is 6.87. The molecular weight excluding hydrogens is 502 g/mol. The third-order valence-electron chi connectivity index (χ3n) is 6.44. The molecular formula is C28H28BrN5O. The fraction of sp³-hybridized carbons (Fsp3) is 0.286. The predicted octanol–water partition coefficient (Wildman–Crippen LogP) is 4.29. The smallest absolute Gasteiger partial charge is 0.252 e. The van der Waals surface area contributed by atoms with E-state index in [-0.39, 0.29) is 5.91 Å². The zero-order valence-corrected chi connectivity index (χ0v) is 21.4. The lowest BCUT2D eigenvalue weighted by atomic mass is 10.0. The van der Waals surface area contributed by atoms with Crippen LogP contribution in [0.3, 0.4) is 0 Å². The van der Waals surface area contributed by atoms with Gasteiger partial charge in [-0.1, -0.05) is 27.8 Å². The molecule has 3 heterocycles. The molecule has 1 aliphatic rings. The average Bonchev–Trinajstić information content (AvgIpc) is 3.49. The fourth-order valence-electron chi connectivity index (χ4n) is 4.67. The van der Waals surface area contributed by atoms with Crippen molar-refractivity contribution in [3.63, 3.8) is 0 Å². The monoisotopic (exact) mass is 529 g/mol. The van der Waals surface area contributed by atoms with E-state index in [9.17, 15) is 4.79 Å². The second kappa shape index (κ2) is 10.2. The topological polar surface area (TPSA) is 76.2 Å². The molecule has 1 saturated heterocycles. The number of nitrogens with one attached hydrogen (secondary N) is 1. The zero-order valence-electron chi connectivity index (χ0n) is 19.8. The van der Waals surface area contributed by atoms with Crippen LogP contribution in [0.15, 0.2) is 53.1 Å². The largest absolute Gasteiger partial charge is 0.351 e. The van der Waals surface area contributed by atoms with E-state index < -0.39 is 0 Å². The normalized spacial score (nSPS) is 13.8. The summed E-state index contributed by atoms with van der Waals surface area (Å²) in [6.07, 6.45) is 4.56. The van der Waals surface area contributed by atoms with Gasteiger partial charge < -0.3 is 15.6 Å². The third-order valence-corrected chi connectivity index (χ3v) is 6.94. The van der Waals surface area contributed by atoms with Crippen LogP contribution in [0, 0.1) is 11.8 Å². The summed E-state index contributed by atoms with van der Waals surface area (Å²) in [6, 6.07) is 14.0. The first-order valence-electron chi connectivity index (χ1n) is 11.9. The predicted molar refractivity (Wildman–Crippen MR) is 145 cm³/mol. The summed E-state index contributed by atoms with van der Waals surface area (Å²) in [6.45, 7) is 3.81. The first-order chi connectivity index (χ1) is 17.0. The summed E-state index contributed by atoms with van der Waals surface area (Å²) in [4.78, 5) is 20.5. The SMILES string of the molecule is Cn1cc(-c2cc(C(=O)NCCN)c3cc(C#CCN4CCCC4)ccc3n2)c2cc(Br)ccc21. The van der Waals surface area contributed by atoms with E-state index in [0.717, 1.165) is 62.7 Å². The molecule has 4 aromatic rings. The minimum absolute atomic E-state index is 0.160. The van der Waals surface area contributed by atoms with E-state index in [0.29, 0.717) is 18.7 Å². The highest BCUT2D eigenvalue weighted by Crippen LogP contribution is 2.33. The van der Waals surface area contributed by atoms with Gasteiger partial charge in [-0.05, 0) is 68.4 Å². The van der Waals surface area contributed by atoms with Gasteiger partial charge in [0.15, 0.2) is 0 Å². The minimum Gasteiger partial charge on any atom is -0.351 e. The summed E-state index contributed by atoms with van der Waals surface area (Å²) >= 11 is 3.58. The van der Waals surface area contributed by atoms with Crippen molar-refractivity contribution in [1.29, 1.82) is 0 Å². The number of halogens is 1. The van der Waals surface area contributed by atoms with Gasteiger partial charge in [0.2, 0.25) is 0 Å². The van der Waals surface area contributed by atoms with Gasteiger partial charge in [-0.25, -0.2) is 4.98 Å². The average molecular weight is 530 g/mol. The van der Waals surface area contributed by atoms with Gasteiger partial charge in [-0.15, -0.1) is 0 Å². The summed E-state index contributed by atoms with van der Waals surface area (Å²) in [5, 5.41) is 4.79. The van der Waals surface area contributed by atoms with Crippen molar-refractivity contribution in [3.8, 4) is 23.1 Å². The van der Waals surface area contributed by atoms with Crippen LogP contribution in [0.5, 0.6) is 0 Å². The molecule has 2 aromatic heterocycles. The van der Waals surface area contributed by atoms with E-state index in [1.165, 1.54) is 12.8 Å². The Morgan fingerprint density at radius 2 is 1.97 bits per heavy atom. The van der Waals surface area contributed by atoms with Crippen LogP contribution < -0.4 is 11.1 Å². The number of aryl methyl sites for hydroxylation is 1. The molecule has 0 saturated carbocycles. The number of carbonyl (C=O) groups excluding carboxylic acids is 1. The van der Waals surface area contributed by atoms with E-state index >= 15 is 0 Å². The maximum absolute atomic E-state index is 13.2. The number of hydrogen-bond acceptors (Lipinski definition) is 4. The van der Waals surface area contributed by atoms with Gasteiger partial charge in [0.05, 0.1) is 23.3 Å². The molecule has 5 rings (SSSR count). The van der Waals surface area contributed by atoms with Crippen LogP contribution in [0.2, 0.25) is 0 Å². The molecule has 1 fully saturated rings. The minimum atomic E-state index is -0.160. The number of nitrogens with two attached hydrogens (primary N) is 1. The van der Waals surface area contributed by atoms with E-state index in [2.05, 4.69) is 60.9 Å². The molecule has 35 heavy (non-hydrogen) atoms. The molecule has 6 nitrogen and oxygen atoms in total. The number of benzene rings is 2. The van der Waals surface area contributed by atoms with Crippen LogP contribution in [0.4, 0.5) is 0 Å². The van der Waals surface area contributed by atoms with Crippen LogP contribution in [0.1, 0.15) is 28.8 Å². The van der Waals surface area contributed by atoms with Gasteiger partial charge in [-0.2, -0.15) is 0 Å². The molecule has 7 heteroatoms. The summed E-state index contributed by atoms with van der Waals surface area (Å²) < 4.78 is 3.08. The van der Waals surface area contributed by atoms with Crippen molar-refractivity contribution in [2.24, 2.45) is 12.8 Å². The number of likely N-dealkylation sites (tertiary alicyclic amines) is 1. The maximum Gasteiger partial charge on any atom is 0.252 e. The van der Waals surface area contributed by atoms with Crippen molar-refractivity contribution < 1.29 is 4.79 Å². The van der Waals surface area contributed by atoms with Gasteiger partial charge >= 0.3 is 0 Å². The second-order valence-corrected chi connectivity index (χ2v) is 9.85. The van der Waals surface area contributed by atoms with Crippen LogP contribution in [0.25, 0.3) is 33.1 Å². The molecule has 0 bridgehead atoms. The first kappa shape index (κ1) is 23.6. The van der Waals surface area contributed by atoms with Crippen molar-refractivity contribution in [2.45, 2.75) is 12.8 Å². The van der Waals surface area contributed by atoms with Crippen LogP contribution in [-0.2, 0) is 7.05 Å². The Morgan fingerprint density at radius 3 is 2.77 bits per heavy atom. The Morgan fingerprint density at radius 1 is 1.14 bits per heavy atom. The first-order valence-corrected chi connectivity index (χ1v) is 12.7. The molecule has 0 atom stereocenters. The number of hydrogen-bond donors (Lipinski definition) is 2. The van der Waals surface area contributed by atoms with Gasteiger partial charge in [-0.3, -0.25) is 9.69 Å². The Labute approximate surface area is 213 Å². The highest BCUT2D eigenvalue weighted by atomic mass is 79.9. The van der Waals surface area contributed by atoms with E-state index in [1.54, 1.807) is 0 Å². The van der Waals surface area contributed by atoms with Gasteiger partial charge in [0, 0.05) is 58.2 Å². The van der Waals surface area contributed by atoms with E-state index in [4.69, 9.17) is 10.7 Å². The number of rotatable bonds is 5. The van der Waals surface area contributed by atoms with Crippen molar-refractivity contribution in [1.82, 2.24) is 19.8 Å². The molecule has 1 amide bonds. The fourth-order valence-corrected chi connectivity index (χ4v) is 5.03. The lowest BCUT2D eigenvalue weighted by Gasteiger charge is -2.11. The Bertz CT molecular complexity index is 1470. The Hall–Kier alpha value is -3.18. The molecule has 2 aromatic carbocycles.